The number of ether oxygens (including phenoxy) is 1. The molecule has 0 spiro atoms. The van der Waals surface area contributed by atoms with Gasteiger partial charge in [-0.05, 0) is 24.1 Å². The van der Waals surface area contributed by atoms with Crippen molar-refractivity contribution < 1.29 is 14.6 Å². The van der Waals surface area contributed by atoms with Gasteiger partial charge < -0.3 is 9.84 Å². The van der Waals surface area contributed by atoms with Gasteiger partial charge in [-0.15, -0.1) is 0 Å². The van der Waals surface area contributed by atoms with E-state index >= 15 is 0 Å². The fraction of sp³-hybridized carbons (Fsp3) is 0.286. The van der Waals surface area contributed by atoms with Gasteiger partial charge in [0.15, 0.2) is 5.75 Å². The summed E-state index contributed by atoms with van der Waals surface area (Å²) in [6.07, 6.45) is 4.56. The molecule has 1 heterocycles. The van der Waals surface area contributed by atoms with Gasteiger partial charge in [0.1, 0.15) is 6.61 Å². The number of benzene rings is 1. The first-order valence-corrected chi connectivity index (χ1v) is 6.16. The predicted octanol–water partition coefficient (Wildman–Crippen LogP) is 2.57. The van der Waals surface area contributed by atoms with Crippen molar-refractivity contribution in [2.45, 2.75) is 26.5 Å². The van der Waals surface area contributed by atoms with Gasteiger partial charge >= 0.3 is 5.97 Å². The largest absolute Gasteiger partial charge is 0.486 e. The van der Waals surface area contributed by atoms with E-state index in [9.17, 15) is 4.79 Å². The quantitative estimate of drug-likeness (QED) is 0.867. The average Bonchev–Trinajstić information content (AvgIpc) is 2.85. The van der Waals surface area contributed by atoms with Crippen molar-refractivity contribution >= 4 is 5.97 Å². The number of aromatic carboxylic acids is 1. The van der Waals surface area contributed by atoms with Crippen molar-refractivity contribution in [3.8, 4) is 5.75 Å². The molecule has 0 unspecified atom stereocenters. The van der Waals surface area contributed by atoms with Crippen molar-refractivity contribution in [1.29, 1.82) is 0 Å². The van der Waals surface area contributed by atoms with Gasteiger partial charge in [0, 0.05) is 6.54 Å². The van der Waals surface area contributed by atoms with Gasteiger partial charge in [-0.3, -0.25) is 4.68 Å². The Morgan fingerprint density at radius 1 is 1.37 bits per heavy atom. The zero-order valence-electron chi connectivity index (χ0n) is 10.7. The summed E-state index contributed by atoms with van der Waals surface area (Å²) in [5.41, 5.74) is 1.20. The summed E-state index contributed by atoms with van der Waals surface area (Å²) in [5, 5.41) is 13.0. The highest BCUT2D eigenvalue weighted by atomic mass is 16.5. The second-order valence-corrected chi connectivity index (χ2v) is 4.23. The standard InChI is InChI=1S/C14H16N2O3/c1-2-7-16-9-13(8-15-16)19-10-11-3-5-12(6-4-11)14(17)18/h3-6,8-9H,2,7,10H2,1H3,(H,17,18). The molecule has 0 amide bonds. The Kier molecular flexibility index (Phi) is 4.18. The Morgan fingerprint density at radius 3 is 2.74 bits per heavy atom. The fourth-order valence-corrected chi connectivity index (χ4v) is 1.68. The smallest absolute Gasteiger partial charge is 0.335 e. The lowest BCUT2D eigenvalue weighted by Crippen LogP contribution is -1.98. The second-order valence-electron chi connectivity index (χ2n) is 4.23. The topological polar surface area (TPSA) is 64.3 Å². The minimum atomic E-state index is -0.923. The van der Waals surface area contributed by atoms with Crippen LogP contribution in [0.15, 0.2) is 36.7 Å². The van der Waals surface area contributed by atoms with Crippen LogP contribution in [0.2, 0.25) is 0 Å². The summed E-state index contributed by atoms with van der Waals surface area (Å²) >= 11 is 0. The van der Waals surface area contributed by atoms with Crippen molar-refractivity contribution in [1.82, 2.24) is 9.78 Å². The van der Waals surface area contributed by atoms with Gasteiger partial charge in [-0.2, -0.15) is 5.10 Å². The maximum absolute atomic E-state index is 10.7. The van der Waals surface area contributed by atoms with Crippen molar-refractivity contribution in [3.05, 3.63) is 47.8 Å². The number of carboxylic acid groups (broad SMARTS) is 1. The van der Waals surface area contributed by atoms with E-state index in [0.29, 0.717) is 6.61 Å². The summed E-state index contributed by atoms with van der Waals surface area (Å²) in [7, 11) is 0. The molecule has 1 aromatic carbocycles. The molecular weight excluding hydrogens is 244 g/mol. The number of aromatic nitrogens is 2. The van der Waals surface area contributed by atoms with E-state index in [1.807, 2.05) is 10.9 Å². The summed E-state index contributed by atoms with van der Waals surface area (Å²) in [6, 6.07) is 6.64. The molecule has 2 rings (SSSR count). The highest BCUT2D eigenvalue weighted by Crippen LogP contribution is 2.12. The van der Waals surface area contributed by atoms with Gasteiger partial charge in [-0.1, -0.05) is 19.1 Å². The Balaban J connectivity index is 1.92. The van der Waals surface area contributed by atoms with E-state index in [4.69, 9.17) is 9.84 Å². The number of carbonyl (C=O) groups is 1. The van der Waals surface area contributed by atoms with Crippen LogP contribution < -0.4 is 4.74 Å². The molecule has 2 aromatic rings. The summed E-state index contributed by atoms with van der Waals surface area (Å²) in [5.74, 6) is -0.205. The third-order valence-electron chi connectivity index (χ3n) is 2.67. The van der Waals surface area contributed by atoms with Gasteiger partial charge in [0.25, 0.3) is 0 Å². The lowest BCUT2D eigenvalue weighted by atomic mass is 10.1. The number of rotatable bonds is 6. The monoisotopic (exact) mass is 260 g/mol. The van der Waals surface area contributed by atoms with E-state index in [2.05, 4.69) is 12.0 Å². The molecule has 5 nitrogen and oxygen atoms in total. The van der Waals surface area contributed by atoms with Crippen LogP contribution in [0.25, 0.3) is 0 Å². The van der Waals surface area contributed by atoms with E-state index in [-0.39, 0.29) is 5.56 Å². The first kappa shape index (κ1) is 13.1. The van der Waals surface area contributed by atoms with Gasteiger partial charge in [0.05, 0.1) is 18.0 Å². The van der Waals surface area contributed by atoms with E-state index in [0.717, 1.165) is 24.3 Å². The summed E-state index contributed by atoms with van der Waals surface area (Å²) in [4.78, 5) is 10.7. The Morgan fingerprint density at radius 2 is 2.11 bits per heavy atom. The van der Waals surface area contributed by atoms with Crippen LogP contribution in [-0.4, -0.2) is 20.9 Å². The van der Waals surface area contributed by atoms with Crippen LogP contribution in [0.1, 0.15) is 29.3 Å². The zero-order chi connectivity index (χ0) is 13.7. The number of nitrogens with zero attached hydrogens (tertiary/aromatic N) is 2. The predicted molar refractivity (Wildman–Crippen MR) is 70.3 cm³/mol. The molecule has 0 bridgehead atoms. The Hall–Kier alpha value is -2.30. The summed E-state index contributed by atoms with van der Waals surface area (Å²) in [6.45, 7) is 3.36. The lowest BCUT2D eigenvalue weighted by Gasteiger charge is -2.03. The van der Waals surface area contributed by atoms with Crippen molar-refractivity contribution in [2.24, 2.45) is 0 Å². The first-order valence-electron chi connectivity index (χ1n) is 6.16. The molecule has 0 fully saturated rings. The zero-order valence-corrected chi connectivity index (χ0v) is 10.7. The normalized spacial score (nSPS) is 10.4. The van der Waals surface area contributed by atoms with Crippen LogP contribution in [0.5, 0.6) is 5.75 Å². The molecule has 0 saturated carbocycles. The van der Waals surface area contributed by atoms with E-state index in [1.54, 1.807) is 30.5 Å². The van der Waals surface area contributed by atoms with E-state index < -0.39 is 5.97 Å². The summed E-state index contributed by atoms with van der Waals surface area (Å²) < 4.78 is 7.42. The maximum Gasteiger partial charge on any atom is 0.335 e. The molecule has 5 heteroatoms. The van der Waals surface area contributed by atoms with Gasteiger partial charge in [0.2, 0.25) is 0 Å². The average molecular weight is 260 g/mol. The minimum Gasteiger partial charge on any atom is -0.486 e. The Bertz CT molecular complexity index is 546. The lowest BCUT2D eigenvalue weighted by molar-refractivity contribution is 0.0697. The molecule has 0 atom stereocenters. The van der Waals surface area contributed by atoms with Crippen LogP contribution >= 0.6 is 0 Å². The van der Waals surface area contributed by atoms with Crippen LogP contribution in [-0.2, 0) is 13.2 Å². The minimum absolute atomic E-state index is 0.277. The molecule has 0 aliphatic carbocycles. The Labute approximate surface area is 111 Å². The number of aryl methyl sites for hydroxylation is 1. The maximum atomic E-state index is 10.7. The molecule has 1 N–H and O–H groups in total. The molecule has 0 aliphatic rings. The molecule has 19 heavy (non-hydrogen) atoms. The number of hydrogen-bond acceptors (Lipinski definition) is 3. The molecule has 1 aromatic heterocycles. The fourth-order valence-electron chi connectivity index (χ4n) is 1.68. The molecule has 100 valence electrons. The molecule has 0 saturated heterocycles. The first-order chi connectivity index (χ1) is 9.19. The van der Waals surface area contributed by atoms with E-state index in [1.165, 1.54) is 0 Å². The van der Waals surface area contributed by atoms with Crippen molar-refractivity contribution in [3.63, 3.8) is 0 Å². The van der Waals surface area contributed by atoms with Crippen LogP contribution in [0, 0.1) is 0 Å². The van der Waals surface area contributed by atoms with Crippen LogP contribution in [0.3, 0.4) is 0 Å². The number of hydrogen-bond donors (Lipinski definition) is 1. The van der Waals surface area contributed by atoms with Crippen molar-refractivity contribution in [2.75, 3.05) is 0 Å². The highest BCUT2D eigenvalue weighted by Gasteiger charge is 2.03. The molecular formula is C14H16N2O3. The SMILES string of the molecule is CCCn1cc(OCc2ccc(C(=O)O)cc2)cn1. The highest BCUT2D eigenvalue weighted by molar-refractivity contribution is 5.87. The molecule has 0 aliphatic heterocycles. The number of carboxylic acids is 1. The molecule has 0 radical (unpaired) electrons. The third kappa shape index (κ3) is 3.58. The second kappa shape index (κ2) is 6.04. The van der Waals surface area contributed by atoms with Gasteiger partial charge in [-0.25, -0.2) is 4.79 Å². The van der Waals surface area contributed by atoms with Crippen LogP contribution in [0.4, 0.5) is 0 Å². The third-order valence-corrected chi connectivity index (χ3v) is 2.67.